The number of nitrogens with zero attached hydrogens (tertiary/aromatic N) is 2. The highest BCUT2D eigenvalue weighted by atomic mass is 15.3. The first kappa shape index (κ1) is 12.3. The minimum Gasteiger partial charge on any atom is -0.311 e. The van der Waals surface area contributed by atoms with E-state index in [9.17, 15) is 0 Å². The Morgan fingerprint density at radius 1 is 1.38 bits per heavy atom. The molecule has 0 radical (unpaired) electrons. The van der Waals surface area contributed by atoms with Gasteiger partial charge in [0.2, 0.25) is 0 Å². The summed E-state index contributed by atoms with van der Waals surface area (Å²) in [7, 11) is 2.19. The van der Waals surface area contributed by atoms with Crippen LogP contribution >= 0.6 is 0 Å². The lowest BCUT2D eigenvalue weighted by Crippen LogP contribution is -2.38. The molecule has 1 aliphatic carbocycles. The predicted molar refractivity (Wildman–Crippen MR) is 68.8 cm³/mol. The summed E-state index contributed by atoms with van der Waals surface area (Å²) >= 11 is 0. The molecule has 1 heterocycles. The molecular weight excluding hydrogens is 198 g/mol. The van der Waals surface area contributed by atoms with E-state index >= 15 is 0 Å². The zero-order valence-electron chi connectivity index (χ0n) is 11.1. The molecule has 1 aliphatic heterocycles. The number of hydrogen-bond acceptors (Lipinski definition) is 3. The molecule has 0 aromatic heterocycles. The van der Waals surface area contributed by atoms with Gasteiger partial charge in [0.1, 0.15) is 0 Å². The summed E-state index contributed by atoms with van der Waals surface area (Å²) in [6.45, 7) is 9.34. The summed E-state index contributed by atoms with van der Waals surface area (Å²) in [5.74, 6) is 0. The SMILES string of the molecule is CCN(C)CCNC1CC(C)N(C2CC2)C1. The van der Waals surface area contributed by atoms with Crippen LogP contribution in [0.3, 0.4) is 0 Å². The topological polar surface area (TPSA) is 18.5 Å². The van der Waals surface area contributed by atoms with Gasteiger partial charge in [-0.2, -0.15) is 0 Å². The van der Waals surface area contributed by atoms with Gasteiger partial charge < -0.3 is 10.2 Å². The molecule has 0 amide bonds. The largest absolute Gasteiger partial charge is 0.311 e. The van der Waals surface area contributed by atoms with Crippen LogP contribution in [0.15, 0.2) is 0 Å². The number of nitrogens with one attached hydrogen (secondary N) is 1. The van der Waals surface area contributed by atoms with Gasteiger partial charge in [-0.1, -0.05) is 6.92 Å². The van der Waals surface area contributed by atoms with Crippen LogP contribution in [0.2, 0.25) is 0 Å². The van der Waals surface area contributed by atoms with E-state index in [0.717, 1.165) is 31.2 Å². The molecule has 2 rings (SSSR count). The predicted octanol–water partition coefficient (Wildman–Crippen LogP) is 1.15. The van der Waals surface area contributed by atoms with E-state index < -0.39 is 0 Å². The summed E-state index contributed by atoms with van der Waals surface area (Å²) < 4.78 is 0. The standard InChI is InChI=1S/C13H27N3/c1-4-15(3)8-7-14-12-9-11(2)16(10-12)13-5-6-13/h11-14H,4-10H2,1-3H3. The molecule has 94 valence electrons. The van der Waals surface area contributed by atoms with Crippen molar-refractivity contribution in [1.29, 1.82) is 0 Å². The van der Waals surface area contributed by atoms with Gasteiger partial charge in [-0.05, 0) is 39.8 Å². The fourth-order valence-electron chi connectivity index (χ4n) is 2.74. The Labute approximate surface area is 100 Å². The molecule has 2 aliphatic rings. The smallest absolute Gasteiger partial charge is 0.0210 e. The molecule has 3 nitrogen and oxygen atoms in total. The molecule has 0 spiro atoms. The Bertz CT molecular complexity index is 215. The Morgan fingerprint density at radius 2 is 2.12 bits per heavy atom. The highest BCUT2D eigenvalue weighted by Gasteiger charge is 2.38. The van der Waals surface area contributed by atoms with Gasteiger partial charge >= 0.3 is 0 Å². The van der Waals surface area contributed by atoms with Crippen molar-refractivity contribution in [3.63, 3.8) is 0 Å². The lowest BCUT2D eigenvalue weighted by molar-refractivity contribution is 0.254. The van der Waals surface area contributed by atoms with Crippen LogP contribution in [0.4, 0.5) is 0 Å². The average Bonchev–Trinajstić information content (AvgIpc) is 3.03. The van der Waals surface area contributed by atoms with Crippen LogP contribution < -0.4 is 5.32 Å². The highest BCUT2D eigenvalue weighted by Crippen LogP contribution is 2.33. The van der Waals surface area contributed by atoms with Crippen molar-refractivity contribution >= 4 is 0 Å². The molecule has 0 bridgehead atoms. The molecule has 2 atom stereocenters. The minimum absolute atomic E-state index is 0.737. The summed E-state index contributed by atoms with van der Waals surface area (Å²) in [4.78, 5) is 5.07. The van der Waals surface area contributed by atoms with Gasteiger partial charge in [-0.15, -0.1) is 0 Å². The van der Waals surface area contributed by atoms with E-state index in [1.165, 1.54) is 32.4 Å². The van der Waals surface area contributed by atoms with Crippen molar-refractivity contribution in [2.24, 2.45) is 0 Å². The van der Waals surface area contributed by atoms with Gasteiger partial charge in [-0.3, -0.25) is 4.90 Å². The molecule has 2 unspecified atom stereocenters. The molecule has 0 aromatic carbocycles. The maximum atomic E-state index is 3.71. The first-order chi connectivity index (χ1) is 7.70. The molecule has 0 aromatic rings. The van der Waals surface area contributed by atoms with Gasteiger partial charge in [0.25, 0.3) is 0 Å². The van der Waals surface area contributed by atoms with E-state index in [1.54, 1.807) is 0 Å². The number of likely N-dealkylation sites (tertiary alicyclic amines) is 1. The Hall–Kier alpha value is -0.120. The Balaban J connectivity index is 1.64. The van der Waals surface area contributed by atoms with Crippen molar-refractivity contribution in [1.82, 2.24) is 15.1 Å². The van der Waals surface area contributed by atoms with Crippen LogP contribution in [0, 0.1) is 0 Å². The molecular formula is C13H27N3. The van der Waals surface area contributed by atoms with Crippen LogP contribution in [-0.4, -0.2) is 61.2 Å². The van der Waals surface area contributed by atoms with Crippen LogP contribution in [0.25, 0.3) is 0 Å². The molecule has 3 heteroatoms. The summed E-state index contributed by atoms with van der Waals surface area (Å²) in [5.41, 5.74) is 0. The zero-order chi connectivity index (χ0) is 11.5. The number of hydrogen-bond donors (Lipinski definition) is 1. The molecule has 1 N–H and O–H groups in total. The molecule has 1 saturated heterocycles. The van der Waals surface area contributed by atoms with Gasteiger partial charge in [0.15, 0.2) is 0 Å². The maximum Gasteiger partial charge on any atom is 0.0210 e. The highest BCUT2D eigenvalue weighted by molar-refractivity contribution is 4.95. The van der Waals surface area contributed by atoms with Crippen LogP contribution in [-0.2, 0) is 0 Å². The lowest BCUT2D eigenvalue weighted by Gasteiger charge is -2.20. The minimum atomic E-state index is 0.737. The zero-order valence-corrected chi connectivity index (χ0v) is 11.1. The second-order valence-corrected chi connectivity index (χ2v) is 5.56. The van der Waals surface area contributed by atoms with E-state index in [1.807, 2.05) is 0 Å². The Morgan fingerprint density at radius 3 is 2.75 bits per heavy atom. The third-order valence-corrected chi connectivity index (χ3v) is 4.11. The van der Waals surface area contributed by atoms with Gasteiger partial charge in [-0.25, -0.2) is 0 Å². The van der Waals surface area contributed by atoms with E-state index in [4.69, 9.17) is 0 Å². The first-order valence-corrected chi connectivity index (χ1v) is 6.88. The monoisotopic (exact) mass is 225 g/mol. The normalized spacial score (nSPS) is 31.5. The fourth-order valence-corrected chi connectivity index (χ4v) is 2.74. The van der Waals surface area contributed by atoms with Crippen molar-refractivity contribution in [2.75, 3.05) is 33.2 Å². The Kier molecular flexibility index (Phi) is 4.22. The maximum absolute atomic E-state index is 3.71. The fraction of sp³-hybridized carbons (Fsp3) is 1.00. The van der Waals surface area contributed by atoms with Crippen LogP contribution in [0.5, 0.6) is 0 Å². The first-order valence-electron chi connectivity index (χ1n) is 6.88. The van der Waals surface area contributed by atoms with E-state index in [0.29, 0.717) is 0 Å². The van der Waals surface area contributed by atoms with Crippen molar-refractivity contribution in [3.8, 4) is 0 Å². The molecule has 2 fully saturated rings. The summed E-state index contributed by atoms with van der Waals surface area (Å²) in [6.07, 6.45) is 4.22. The number of rotatable bonds is 6. The van der Waals surface area contributed by atoms with E-state index in [2.05, 4.69) is 36.0 Å². The second-order valence-electron chi connectivity index (χ2n) is 5.56. The number of likely N-dealkylation sites (N-methyl/N-ethyl adjacent to an activating group) is 1. The van der Waals surface area contributed by atoms with Crippen molar-refractivity contribution < 1.29 is 0 Å². The third-order valence-electron chi connectivity index (χ3n) is 4.11. The molecule has 1 saturated carbocycles. The second kappa shape index (κ2) is 5.48. The van der Waals surface area contributed by atoms with Crippen molar-refractivity contribution in [3.05, 3.63) is 0 Å². The van der Waals surface area contributed by atoms with E-state index in [-0.39, 0.29) is 0 Å². The van der Waals surface area contributed by atoms with Gasteiger partial charge in [0, 0.05) is 37.8 Å². The summed E-state index contributed by atoms with van der Waals surface area (Å²) in [6, 6.07) is 2.47. The third kappa shape index (κ3) is 3.19. The lowest BCUT2D eigenvalue weighted by atomic mass is 10.2. The van der Waals surface area contributed by atoms with Crippen LogP contribution in [0.1, 0.15) is 33.1 Å². The van der Waals surface area contributed by atoms with Crippen molar-refractivity contribution in [2.45, 2.75) is 51.2 Å². The quantitative estimate of drug-likeness (QED) is 0.732. The molecule has 16 heavy (non-hydrogen) atoms. The van der Waals surface area contributed by atoms with Gasteiger partial charge in [0.05, 0.1) is 0 Å². The average molecular weight is 225 g/mol. The summed E-state index contributed by atoms with van der Waals surface area (Å²) in [5, 5.41) is 3.71.